The average Bonchev–Trinajstić information content (AvgIpc) is 2.36. The van der Waals surface area contributed by atoms with Crippen LogP contribution in [0.25, 0.3) is 0 Å². The monoisotopic (exact) mass is 299 g/mol. The smallest absolute Gasteiger partial charge is 0.258 e. The fourth-order valence-electron chi connectivity index (χ4n) is 1.45. The van der Waals surface area contributed by atoms with Crippen molar-refractivity contribution >= 4 is 46.4 Å². The molecule has 0 saturated heterocycles. The Kier molecular flexibility index (Phi) is 4.12. The SMILES string of the molecule is O=C(Nc1ccccc1)c1c(Cl)ccc(Cl)c1Cl. The standard InChI is InChI=1S/C13H8Cl3NO/c14-9-6-7-10(15)12(16)11(9)13(18)17-8-4-2-1-3-5-8/h1-7H,(H,17,18). The summed E-state index contributed by atoms with van der Waals surface area (Å²) in [7, 11) is 0. The van der Waals surface area contributed by atoms with E-state index in [-0.39, 0.29) is 15.6 Å². The maximum atomic E-state index is 12.1. The largest absolute Gasteiger partial charge is 0.322 e. The normalized spacial score (nSPS) is 10.2. The fourth-order valence-corrected chi connectivity index (χ4v) is 2.15. The molecule has 0 fully saturated rings. The van der Waals surface area contributed by atoms with E-state index in [2.05, 4.69) is 5.32 Å². The number of carbonyl (C=O) groups is 1. The third-order valence-corrected chi connectivity index (χ3v) is 3.42. The van der Waals surface area contributed by atoms with Crippen LogP contribution in [0.1, 0.15) is 10.4 Å². The molecule has 2 nitrogen and oxygen atoms in total. The molecule has 0 aromatic heterocycles. The number of halogens is 3. The van der Waals surface area contributed by atoms with Gasteiger partial charge in [-0.2, -0.15) is 0 Å². The Balaban J connectivity index is 2.33. The molecule has 2 rings (SSSR count). The number of benzene rings is 2. The molecule has 1 amide bonds. The molecule has 0 heterocycles. The first kappa shape index (κ1) is 13.2. The molecular weight excluding hydrogens is 293 g/mol. The molecule has 0 aliphatic carbocycles. The van der Waals surface area contributed by atoms with Crippen LogP contribution in [-0.2, 0) is 0 Å². The highest BCUT2D eigenvalue weighted by molar-refractivity contribution is 6.46. The van der Waals surface area contributed by atoms with E-state index in [0.29, 0.717) is 10.7 Å². The van der Waals surface area contributed by atoms with E-state index in [9.17, 15) is 4.79 Å². The molecular formula is C13H8Cl3NO. The molecule has 0 aliphatic heterocycles. The molecule has 0 atom stereocenters. The van der Waals surface area contributed by atoms with Gasteiger partial charge in [-0.15, -0.1) is 0 Å². The van der Waals surface area contributed by atoms with Crippen LogP contribution in [0.4, 0.5) is 5.69 Å². The number of carbonyl (C=O) groups excluding carboxylic acids is 1. The number of rotatable bonds is 2. The molecule has 0 aliphatic rings. The van der Waals surface area contributed by atoms with Gasteiger partial charge in [0.2, 0.25) is 0 Å². The zero-order chi connectivity index (χ0) is 13.1. The lowest BCUT2D eigenvalue weighted by atomic mass is 10.2. The van der Waals surface area contributed by atoms with Crippen molar-refractivity contribution in [2.45, 2.75) is 0 Å². The third-order valence-electron chi connectivity index (χ3n) is 2.30. The van der Waals surface area contributed by atoms with Gasteiger partial charge in [0.1, 0.15) is 0 Å². The summed E-state index contributed by atoms with van der Waals surface area (Å²) in [6, 6.07) is 12.1. The molecule has 92 valence electrons. The number of nitrogens with one attached hydrogen (secondary N) is 1. The Morgan fingerprint density at radius 3 is 2.17 bits per heavy atom. The topological polar surface area (TPSA) is 29.1 Å². The van der Waals surface area contributed by atoms with Crippen LogP contribution >= 0.6 is 34.8 Å². The summed E-state index contributed by atoms with van der Waals surface area (Å²) in [6.07, 6.45) is 0. The molecule has 2 aromatic carbocycles. The Morgan fingerprint density at radius 2 is 1.50 bits per heavy atom. The van der Waals surface area contributed by atoms with Crippen molar-refractivity contribution in [3.8, 4) is 0 Å². The Hall–Kier alpha value is -1.22. The van der Waals surface area contributed by atoms with Crippen molar-refractivity contribution < 1.29 is 4.79 Å². The lowest BCUT2D eigenvalue weighted by molar-refractivity contribution is 0.102. The van der Waals surface area contributed by atoms with Gasteiger partial charge in [-0.05, 0) is 24.3 Å². The fraction of sp³-hybridized carbons (Fsp3) is 0. The maximum absolute atomic E-state index is 12.1. The minimum atomic E-state index is -0.390. The first-order valence-electron chi connectivity index (χ1n) is 5.09. The Morgan fingerprint density at radius 1 is 0.889 bits per heavy atom. The predicted octanol–water partition coefficient (Wildman–Crippen LogP) is 4.90. The molecule has 18 heavy (non-hydrogen) atoms. The zero-order valence-corrected chi connectivity index (χ0v) is 11.4. The second-order valence-electron chi connectivity index (χ2n) is 3.54. The first-order valence-corrected chi connectivity index (χ1v) is 6.23. The van der Waals surface area contributed by atoms with Crippen LogP contribution in [0.15, 0.2) is 42.5 Å². The molecule has 1 N–H and O–H groups in total. The summed E-state index contributed by atoms with van der Waals surface area (Å²) < 4.78 is 0. The average molecular weight is 301 g/mol. The number of hydrogen-bond acceptors (Lipinski definition) is 1. The van der Waals surface area contributed by atoms with E-state index in [4.69, 9.17) is 34.8 Å². The second kappa shape index (κ2) is 5.61. The van der Waals surface area contributed by atoms with Gasteiger partial charge in [-0.25, -0.2) is 0 Å². The van der Waals surface area contributed by atoms with Gasteiger partial charge in [0.15, 0.2) is 0 Å². The Labute approximate surface area is 119 Å². The van der Waals surface area contributed by atoms with Gasteiger partial charge >= 0.3 is 0 Å². The van der Waals surface area contributed by atoms with Crippen LogP contribution in [0.3, 0.4) is 0 Å². The van der Waals surface area contributed by atoms with Gasteiger partial charge in [0, 0.05) is 5.69 Å². The Bertz CT molecular complexity index is 584. The second-order valence-corrected chi connectivity index (χ2v) is 4.73. The van der Waals surface area contributed by atoms with E-state index in [1.807, 2.05) is 18.2 Å². The van der Waals surface area contributed by atoms with Gasteiger partial charge in [0.25, 0.3) is 5.91 Å². The van der Waals surface area contributed by atoms with E-state index in [0.717, 1.165) is 0 Å². The first-order chi connectivity index (χ1) is 8.59. The van der Waals surface area contributed by atoms with Crippen LogP contribution in [0.2, 0.25) is 15.1 Å². The summed E-state index contributed by atoms with van der Waals surface area (Å²) >= 11 is 17.8. The van der Waals surface area contributed by atoms with E-state index in [1.54, 1.807) is 18.2 Å². The van der Waals surface area contributed by atoms with Crippen molar-refractivity contribution in [3.63, 3.8) is 0 Å². The molecule has 0 unspecified atom stereocenters. The van der Waals surface area contributed by atoms with Crippen molar-refractivity contribution in [1.29, 1.82) is 0 Å². The predicted molar refractivity (Wildman–Crippen MR) is 75.9 cm³/mol. The van der Waals surface area contributed by atoms with Crippen molar-refractivity contribution in [2.24, 2.45) is 0 Å². The zero-order valence-electron chi connectivity index (χ0n) is 9.08. The van der Waals surface area contributed by atoms with Crippen molar-refractivity contribution in [1.82, 2.24) is 0 Å². The van der Waals surface area contributed by atoms with E-state index < -0.39 is 5.91 Å². The molecule has 0 bridgehead atoms. The summed E-state index contributed by atoms with van der Waals surface area (Å²) in [4.78, 5) is 12.1. The number of amides is 1. The van der Waals surface area contributed by atoms with Crippen molar-refractivity contribution in [3.05, 3.63) is 63.1 Å². The lowest BCUT2D eigenvalue weighted by Gasteiger charge is -2.09. The third kappa shape index (κ3) is 2.78. The van der Waals surface area contributed by atoms with Crippen molar-refractivity contribution in [2.75, 3.05) is 5.32 Å². The van der Waals surface area contributed by atoms with Crippen LogP contribution in [0, 0.1) is 0 Å². The van der Waals surface area contributed by atoms with Gasteiger partial charge in [-0.3, -0.25) is 4.79 Å². The lowest BCUT2D eigenvalue weighted by Crippen LogP contribution is -2.13. The molecule has 0 radical (unpaired) electrons. The highest BCUT2D eigenvalue weighted by atomic mass is 35.5. The van der Waals surface area contributed by atoms with Crippen LogP contribution < -0.4 is 5.32 Å². The summed E-state index contributed by atoms with van der Waals surface area (Å²) in [5.41, 5.74) is 0.837. The number of hydrogen-bond donors (Lipinski definition) is 1. The highest BCUT2D eigenvalue weighted by Gasteiger charge is 2.17. The minimum Gasteiger partial charge on any atom is -0.322 e. The van der Waals surface area contributed by atoms with Crippen LogP contribution in [-0.4, -0.2) is 5.91 Å². The molecule has 0 saturated carbocycles. The van der Waals surface area contributed by atoms with Crippen LogP contribution in [0.5, 0.6) is 0 Å². The highest BCUT2D eigenvalue weighted by Crippen LogP contribution is 2.31. The quantitative estimate of drug-likeness (QED) is 0.785. The van der Waals surface area contributed by atoms with Gasteiger partial charge < -0.3 is 5.32 Å². The summed E-state index contributed by atoms with van der Waals surface area (Å²) in [5, 5.41) is 3.40. The number of para-hydroxylation sites is 1. The van der Waals surface area contributed by atoms with E-state index in [1.165, 1.54) is 6.07 Å². The molecule has 0 spiro atoms. The minimum absolute atomic E-state index is 0.151. The molecule has 2 aromatic rings. The van der Waals surface area contributed by atoms with E-state index >= 15 is 0 Å². The summed E-state index contributed by atoms with van der Waals surface area (Å²) in [5.74, 6) is -0.390. The van der Waals surface area contributed by atoms with Gasteiger partial charge in [-0.1, -0.05) is 53.0 Å². The molecule has 5 heteroatoms. The maximum Gasteiger partial charge on any atom is 0.258 e. The van der Waals surface area contributed by atoms with Gasteiger partial charge in [0.05, 0.1) is 20.6 Å². The number of anilines is 1. The summed E-state index contributed by atoms with van der Waals surface area (Å²) in [6.45, 7) is 0.